The second-order valence-electron chi connectivity index (χ2n) is 11.9. The summed E-state index contributed by atoms with van der Waals surface area (Å²) in [7, 11) is 0. The van der Waals surface area contributed by atoms with E-state index in [0.29, 0.717) is 48.9 Å². The highest BCUT2D eigenvalue weighted by atomic mass is 35.5. The summed E-state index contributed by atoms with van der Waals surface area (Å²) in [5.74, 6) is -2.28. The maximum atomic E-state index is 15.0. The second-order valence-corrected chi connectivity index (χ2v) is 12.3. The molecule has 0 unspecified atom stereocenters. The molecule has 1 amide bonds. The van der Waals surface area contributed by atoms with Crippen molar-refractivity contribution in [2.24, 2.45) is 5.92 Å². The number of carboxylic acid groups (broad SMARTS) is 1. The maximum Gasteiger partial charge on any atom is 0.387 e. The summed E-state index contributed by atoms with van der Waals surface area (Å²) in [5, 5.41) is 10.3. The molecule has 0 spiro atoms. The van der Waals surface area contributed by atoms with Crippen LogP contribution in [0.25, 0.3) is 0 Å². The minimum atomic E-state index is -2.94. The van der Waals surface area contributed by atoms with E-state index in [1.54, 1.807) is 29.2 Å². The van der Waals surface area contributed by atoms with Crippen molar-refractivity contribution in [3.05, 3.63) is 64.4 Å². The van der Waals surface area contributed by atoms with Gasteiger partial charge in [0.25, 0.3) is 0 Å². The van der Waals surface area contributed by atoms with Crippen LogP contribution in [0, 0.1) is 11.7 Å². The lowest BCUT2D eigenvalue weighted by Crippen LogP contribution is -2.59. The number of carboxylic acids is 1. The number of hydrogen-bond acceptors (Lipinski definition) is 5. The van der Waals surface area contributed by atoms with Crippen LogP contribution in [0.15, 0.2) is 42.5 Å². The van der Waals surface area contributed by atoms with Gasteiger partial charge in [-0.2, -0.15) is 8.78 Å². The van der Waals surface area contributed by atoms with Crippen molar-refractivity contribution in [2.45, 2.75) is 64.3 Å². The smallest absolute Gasteiger partial charge is 0.387 e. The molecule has 1 N–H and O–H groups in total. The lowest BCUT2D eigenvalue weighted by Gasteiger charge is -2.43. The van der Waals surface area contributed by atoms with Gasteiger partial charge in [-0.05, 0) is 69.5 Å². The second kappa shape index (κ2) is 12.6. The first-order valence-electron chi connectivity index (χ1n) is 13.8. The number of nitrogens with zero attached hydrogens (tertiary/aromatic N) is 3. The summed E-state index contributed by atoms with van der Waals surface area (Å²) < 4.78 is 44.3. The van der Waals surface area contributed by atoms with E-state index in [-0.39, 0.29) is 35.6 Å². The molecule has 0 radical (unpaired) electrons. The predicted octanol–water partition coefficient (Wildman–Crippen LogP) is 5.12. The molecule has 2 saturated heterocycles. The van der Waals surface area contributed by atoms with Crippen LogP contribution in [0.3, 0.4) is 0 Å². The molecule has 7 nitrogen and oxygen atoms in total. The van der Waals surface area contributed by atoms with E-state index in [4.69, 9.17) is 11.6 Å². The number of hydrogen-bond donors (Lipinski definition) is 1. The Morgan fingerprint density at radius 2 is 1.76 bits per heavy atom. The van der Waals surface area contributed by atoms with Gasteiger partial charge in [0.15, 0.2) is 0 Å². The van der Waals surface area contributed by atoms with E-state index < -0.39 is 30.4 Å². The zero-order chi connectivity index (χ0) is 30.1. The standard InChI is InChI=1S/C30H37ClF3N3O4/c1-18-15-35(26(28(39)40)13-19-5-8-21(9-6-19)41-29(33)34)11-12-37(18)27(38)24-17-36(30(2,3)4)16-23(24)22-10-7-20(31)14-25(22)32/h5-10,14,18,23-24,26,29H,11-13,15-17H2,1-4H3,(H,39,40)/t18-,23-,24+,26-/m0/s1. The molecule has 0 aromatic heterocycles. The van der Waals surface area contributed by atoms with Gasteiger partial charge in [0.05, 0.1) is 5.92 Å². The summed E-state index contributed by atoms with van der Waals surface area (Å²) in [5.41, 5.74) is 0.937. The monoisotopic (exact) mass is 595 g/mol. The number of carbonyl (C=O) groups is 2. The largest absolute Gasteiger partial charge is 0.480 e. The lowest BCUT2D eigenvalue weighted by atomic mass is 9.87. The van der Waals surface area contributed by atoms with Gasteiger partial charge >= 0.3 is 12.6 Å². The Labute approximate surface area is 243 Å². The first-order valence-corrected chi connectivity index (χ1v) is 14.1. The number of rotatable bonds is 8. The molecule has 2 fully saturated rings. The van der Waals surface area contributed by atoms with Gasteiger partial charge in [0.1, 0.15) is 17.6 Å². The van der Waals surface area contributed by atoms with E-state index in [1.807, 2.05) is 11.8 Å². The summed E-state index contributed by atoms with van der Waals surface area (Å²) >= 11 is 6.00. The van der Waals surface area contributed by atoms with E-state index in [0.717, 1.165) is 0 Å². The van der Waals surface area contributed by atoms with E-state index in [1.165, 1.54) is 18.2 Å². The zero-order valence-electron chi connectivity index (χ0n) is 23.7. The van der Waals surface area contributed by atoms with Crippen LogP contribution in [0.2, 0.25) is 5.02 Å². The van der Waals surface area contributed by atoms with Gasteiger partial charge in [-0.1, -0.05) is 29.8 Å². The third-order valence-corrected chi connectivity index (χ3v) is 8.43. The third-order valence-electron chi connectivity index (χ3n) is 8.19. The molecule has 0 saturated carbocycles. The average Bonchev–Trinajstić information content (AvgIpc) is 3.33. The molecule has 0 aliphatic carbocycles. The van der Waals surface area contributed by atoms with Crippen LogP contribution in [-0.2, 0) is 16.0 Å². The van der Waals surface area contributed by atoms with Crippen LogP contribution in [-0.4, -0.2) is 88.6 Å². The van der Waals surface area contributed by atoms with E-state index in [9.17, 15) is 23.5 Å². The number of aliphatic carboxylic acids is 1. The fourth-order valence-corrected chi connectivity index (χ4v) is 6.09. The highest BCUT2D eigenvalue weighted by Gasteiger charge is 2.46. The number of amides is 1. The SMILES string of the molecule is C[C@H]1CN([C@@H](Cc2ccc(OC(F)F)cc2)C(=O)O)CCN1C(=O)[C@@H]1CN(C(C)(C)C)C[C@H]1c1ccc(Cl)cc1F. The fraction of sp³-hybridized carbons (Fsp3) is 0.533. The van der Waals surface area contributed by atoms with Crippen LogP contribution in [0.4, 0.5) is 13.2 Å². The third kappa shape index (κ3) is 7.34. The minimum Gasteiger partial charge on any atom is -0.480 e. The lowest BCUT2D eigenvalue weighted by molar-refractivity contribution is -0.147. The molecule has 4 atom stereocenters. The van der Waals surface area contributed by atoms with Gasteiger partial charge in [-0.3, -0.25) is 19.4 Å². The Hall–Kier alpha value is -2.82. The molecule has 41 heavy (non-hydrogen) atoms. The normalized spacial score (nSPS) is 23.1. The minimum absolute atomic E-state index is 0.00472. The van der Waals surface area contributed by atoms with Crippen LogP contribution >= 0.6 is 11.6 Å². The molecule has 2 aliphatic rings. The number of benzene rings is 2. The van der Waals surface area contributed by atoms with E-state index in [2.05, 4.69) is 30.4 Å². The Bertz CT molecular complexity index is 1240. The van der Waals surface area contributed by atoms with Crippen LogP contribution < -0.4 is 4.74 Å². The van der Waals surface area contributed by atoms with Gasteiger partial charge in [-0.25, -0.2) is 4.39 Å². The summed E-state index contributed by atoms with van der Waals surface area (Å²) in [6, 6.07) is 9.42. The molecular formula is C30H37ClF3N3O4. The van der Waals surface area contributed by atoms with Gasteiger partial charge in [0.2, 0.25) is 5.91 Å². The molecule has 2 aromatic rings. The first kappa shape index (κ1) is 31.1. The molecule has 11 heteroatoms. The Balaban J connectivity index is 1.48. The number of carbonyl (C=O) groups excluding carboxylic acids is 1. The molecular weight excluding hydrogens is 559 g/mol. The number of ether oxygens (including phenoxy) is 1. The van der Waals surface area contributed by atoms with Crippen LogP contribution in [0.1, 0.15) is 44.7 Å². The van der Waals surface area contributed by atoms with Gasteiger partial charge < -0.3 is 14.7 Å². The molecule has 4 rings (SSSR count). The highest BCUT2D eigenvalue weighted by molar-refractivity contribution is 6.30. The fourth-order valence-electron chi connectivity index (χ4n) is 5.93. The van der Waals surface area contributed by atoms with Crippen molar-refractivity contribution in [2.75, 3.05) is 32.7 Å². The quantitative estimate of drug-likeness (QED) is 0.457. The van der Waals surface area contributed by atoms with Crippen molar-refractivity contribution in [3.63, 3.8) is 0 Å². The Morgan fingerprint density at radius 3 is 2.32 bits per heavy atom. The average molecular weight is 596 g/mol. The summed E-state index contributed by atoms with van der Waals surface area (Å²) in [6.45, 7) is 7.25. The Morgan fingerprint density at radius 1 is 1.07 bits per heavy atom. The highest BCUT2D eigenvalue weighted by Crippen LogP contribution is 2.39. The van der Waals surface area contributed by atoms with E-state index >= 15 is 4.39 Å². The number of alkyl halides is 2. The zero-order valence-corrected chi connectivity index (χ0v) is 24.5. The molecule has 2 aliphatic heterocycles. The van der Waals surface area contributed by atoms with Crippen molar-refractivity contribution in [3.8, 4) is 5.75 Å². The van der Waals surface area contributed by atoms with Gasteiger partial charge in [0, 0.05) is 55.2 Å². The number of halogens is 4. The van der Waals surface area contributed by atoms with Crippen molar-refractivity contribution in [1.29, 1.82) is 0 Å². The maximum absolute atomic E-state index is 15.0. The number of likely N-dealkylation sites (tertiary alicyclic amines) is 1. The van der Waals surface area contributed by atoms with Crippen molar-refractivity contribution < 1.29 is 32.6 Å². The summed E-state index contributed by atoms with van der Waals surface area (Å²) in [6.07, 6.45) is 0.173. The molecule has 224 valence electrons. The van der Waals surface area contributed by atoms with Crippen molar-refractivity contribution >= 4 is 23.5 Å². The molecule has 0 bridgehead atoms. The van der Waals surface area contributed by atoms with Crippen molar-refractivity contribution in [1.82, 2.24) is 14.7 Å². The first-order chi connectivity index (χ1) is 19.2. The molecule has 2 aromatic carbocycles. The predicted molar refractivity (Wildman–Crippen MR) is 150 cm³/mol. The summed E-state index contributed by atoms with van der Waals surface area (Å²) in [4.78, 5) is 32.1. The molecule has 2 heterocycles. The Kier molecular flexibility index (Phi) is 9.56. The number of piperazine rings is 1. The topological polar surface area (TPSA) is 73.3 Å². The van der Waals surface area contributed by atoms with Gasteiger partial charge in [-0.15, -0.1) is 0 Å². The van der Waals surface area contributed by atoms with Crippen LogP contribution in [0.5, 0.6) is 5.75 Å².